The van der Waals surface area contributed by atoms with Crippen LogP contribution < -0.4 is 34.7 Å². The van der Waals surface area contributed by atoms with Crippen molar-refractivity contribution in [1.29, 1.82) is 0 Å². The van der Waals surface area contributed by atoms with Crippen molar-refractivity contribution in [2.45, 2.75) is 18.8 Å². The zero-order valence-electron chi connectivity index (χ0n) is 7.07. The molecule has 0 unspecified atom stereocenters. The molecule has 0 amide bonds. The van der Waals surface area contributed by atoms with E-state index in [0.717, 1.165) is 0 Å². The van der Waals surface area contributed by atoms with Gasteiger partial charge in [0.25, 0.3) is 0 Å². The number of carboxylic acid groups (broad SMARTS) is 1. The van der Waals surface area contributed by atoms with Crippen LogP contribution in [0.15, 0.2) is 0 Å². The molecule has 12 heavy (non-hydrogen) atoms. The second-order valence-corrected chi connectivity index (χ2v) is 2.51. The van der Waals surface area contributed by atoms with Gasteiger partial charge in [0, 0.05) is 0 Å². The summed E-state index contributed by atoms with van der Waals surface area (Å²) in [5, 5.41) is 19.2. The monoisotopic (exact) mass is 184 g/mol. The summed E-state index contributed by atoms with van der Waals surface area (Å²) < 4.78 is 9.41. The summed E-state index contributed by atoms with van der Waals surface area (Å²) >= 11 is 0. The number of aliphatic hydroxyl groups is 1. The Labute approximate surface area is 91.9 Å². The predicted molar refractivity (Wildman–Crippen MR) is 31.3 cm³/mol. The van der Waals surface area contributed by atoms with E-state index in [4.69, 9.17) is 14.6 Å². The van der Waals surface area contributed by atoms with Gasteiger partial charge in [0.1, 0.15) is 12.1 Å². The summed E-state index contributed by atoms with van der Waals surface area (Å²) in [7, 11) is 0. The number of hydrogen-bond acceptors (Lipinski definition) is 5. The van der Waals surface area contributed by atoms with E-state index >= 15 is 0 Å². The van der Waals surface area contributed by atoms with Gasteiger partial charge in [-0.1, -0.05) is 0 Å². The number of carbonyl (C=O) groups excluding carboxylic acids is 1. The van der Waals surface area contributed by atoms with Crippen LogP contribution in [-0.4, -0.2) is 36.2 Å². The van der Waals surface area contributed by atoms with Crippen molar-refractivity contribution in [3.8, 4) is 0 Å². The molecular weight excluding hydrogens is 175 g/mol. The van der Waals surface area contributed by atoms with Crippen LogP contribution >= 0.6 is 0 Å². The Balaban J connectivity index is 0.00000121. The molecule has 0 bridgehead atoms. The Morgan fingerprint density at radius 1 is 1.58 bits per heavy atom. The molecule has 1 N–H and O–H groups in total. The molecule has 0 aliphatic carbocycles. The first-order valence-corrected chi connectivity index (χ1v) is 3.22. The molecule has 0 atom stereocenters. The van der Waals surface area contributed by atoms with E-state index in [1.807, 2.05) is 0 Å². The maximum Gasteiger partial charge on any atom is 1.00 e. The fourth-order valence-corrected chi connectivity index (χ4v) is 0.718. The van der Waals surface area contributed by atoms with Gasteiger partial charge in [-0.2, -0.15) is 0 Å². The predicted octanol–water partition coefficient (Wildman–Crippen LogP) is -5.14. The minimum atomic E-state index is -1.70. The van der Waals surface area contributed by atoms with Gasteiger partial charge in [-0.25, -0.2) is 0 Å². The number of rotatable bonds is 1. The van der Waals surface area contributed by atoms with E-state index < -0.39 is 17.9 Å². The second-order valence-electron chi connectivity index (χ2n) is 2.51. The average Bonchev–Trinajstić information content (AvgIpc) is 1.95. The minimum Gasteiger partial charge on any atom is -0.544 e. The normalized spacial score (nSPS) is 35.3. The number of hydrogen-bond donors (Lipinski definition) is 1. The number of ether oxygens (including phenoxy) is 2. The van der Waals surface area contributed by atoms with E-state index in [-0.39, 0.29) is 42.8 Å². The summed E-state index contributed by atoms with van der Waals surface area (Å²) in [5.74, 6) is -3.12. The molecule has 1 aliphatic rings. The molecule has 1 rings (SSSR count). The van der Waals surface area contributed by atoms with Gasteiger partial charge in [-0.15, -0.1) is 0 Å². The minimum absolute atomic E-state index is 0. The maximum atomic E-state index is 10.3. The standard InChI is InChI=1S/C6H10O5.Na/c1-6(5(8)9)10-2-4(7)3-11-6;/h4,7H,2-3H2,1H3,(H,8,9);/q;+1/p-1. The van der Waals surface area contributed by atoms with Crippen molar-refractivity contribution in [3.63, 3.8) is 0 Å². The number of aliphatic carboxylic acids is 1. The first-order valence-electron chi connectivity index (χ1n) is 3.22. The first kappa shape index (κ1) is 12.3. The van der Waals surface area contributed by atoms with Crippen LogP contribution in [0.5, 0.6) is 0 Å². The molecule has 0 spiro atoms. The third-order valence-corrected chi connectivity index (χ3v) is 1.47. The third kappa shape index (κ3) is 2.69. The quantitative estimate of drug-likeness (QED) is 0.412. The van der Waals surface area contributed by atoms with Gasteiger partial charge in [0.15, 0.2) is 0 Å². The van der Waals surface area contributed by atoms with E-state index in [1.165, 1.54) is 6.92 Å². The summed E-state index contributed by atoms with van der Waals surface area (Å²) in [6.45, 7) is 1.17. The van der Waals surface area contributed by atoms with Gasteiger partial charge in [0.2, 0.25) is 5.79 Å². The van der Waals surface area contributed by atoms with Gasteiger partial charge in [0.05, 0.1) is 13.2 Å². The van der Waals surface area contributed by atoms with Crippen LogP contribution in [0.3, 0.4) is 0 Å². The molecule has 0 aromatic rings. The molecule has 6 heteroatoms. The van der Waals surface area contributed by atoms with Crippen LogP contribution in [0.25, 0.3) is 0 Å². The van der Waals surface area contributed by atoms with Crippen LogP contribution in [0.1, 0.15) is 6.92 Å². The van der Waals surface area contributed by atoms with Crippen molar-refractivity contribution in [3.05, 3.63) is 0 Å². The van der Waals surface area contributed by atoms with Crippen LogP contribution in [0, 0.1) is 0 Å². The maximum absolute atomic E-state index is 10.3. The summed E-state index contributed by atoms with van der Waals surface area (Å²) in [6, 6.07) is 0. The molecule has 64 valence electrons. The van der Waals surface area contributed by atoms with Crippen molar-refractivity contribution >= 4 is 5.97 Å². The molecule has 1 fully saturated rings. The fraction of sp³-hybridized carbons (Fsp3) is 0.833. The Hall–Kier alpha value is 0.350. The molecule has 5 nitrogen and oxygen atoms in total. The molecule has 1 heterocycles. The van der Waals surface area contributed by atoms with Crippen molar-refractivity contribution in [2.24, 2.45) is 0 Å². The van der Waals surface area contributed by atoms with E-state index in [2.05, 4.69) is 0 Å². The Bertz CT molecular complexity index is 163. The molecular formula is C6H9NaO5. The topological polar surface area (TPSA) is 78.8 Å². The zero-order chi connectivity index (χ0) is 8.48. The molecule has 1 saturated heterocycles. The van der Waals surface area contributed by atoms with Gasteiger partial charge >= 0.3 is 29.6 Å². The van der Waals surface area contributed by atoms with Gasteiger partial charge < -0.3 is 24.5 Å². The number of aliphatic hydroxyl groups excluding tert-OH is 1. The number of carboxylic acids is 1. The van der Waals surface area contributed by atoms with Crippen LogP contribution in [0.2, 0.25) is 0 Å². The summed E-state index contributed by atoms with van der Waals surface area (Å²) in [6.07, 6.45) is -0.748. The summed E-state index contributed by atoms with van der Waals surface area (Å²) in [5.41, 5.74) is 0. The van der Waals surface area contributed by atoms with E-state index in [9.17, 15) is 9.90 Å². The fourth-order valence-electron chi connectivity index (χ4n) is 0.718. The van der Waals surface area contributed by atoms with Crippen LogP contribution in [0.4, 0.5) is 0 Å². The second kappa shape index (κ2) is 4.55. The largest absolute Gasteiger partial charge is 1.00 e. The molecule has 0 aromatic carbocycles. The Morgan fingerprint density at radius 3 is 2.33 bits per heavy atom. The molecule has 1 aliphatic heterocycles. The SMILES string of the molecule is CC1(C(=O)[O-])OCC(O)CO1.[Na+]. The van der Waals surface area contributed by atoms with Crippen LogP contribution in [-0.2, 0) is 14.3 Å². The smallest absolute Gasteiger partial charge is 0.544 e. The van der Waals surface area contributed by atoms with Gasteiger partial charge in [-0.3, -0.25) is 0 Å². The van der Waals surface area contributed by atoms with Crippen molar-refractivity contribution < 1.29 is 54.0 Å². The van der Waals surface area contributed by atoms with Crippen molar-refractivity contribution in [1.82, 2.24) is 0 Å². The van der Waals surface area contributed by atoms with Crippen molar-refractivity contribution in [2.75, 3.05) is 13.2 Å². The third-order valence-electron chi connectivity index (χ3n) is 1.47. The Morgan fingerprint density at radius 2 is 2.00 bits per heavy atom. The Kier molecular flexibility index (Phi) is 4.68. The zero-order valence-corrected chi connectivity index (χ0v) is 9.07. The first-order chi connectivity index (χ1) is 5.04. The molecule has 0 radical (unpaired) electrons. The van der Waals surface area contributed by atoms with E-state index in [1.54, 1.807) is 0 Å². The average molecular weight is 184 g/mol. The summed E-state index contributed by atoms with van der Waals surface area (Å²) in [4.78, 5) is 10.3. The molecule has 0 saturated carbocycles. The van der Waals surface area contributed by atoms with Gasteiger partial charge in [-0.05, 0) is 6.92 Å². The van der Waals surface area contributed by atoms with E-state index in [0.29, 0.717) is 0 Å². The number of carbonyl (C=O) groups is 1. The molecule has 0 aromatic heterocycles.